The molecule has 0 aliphatic carbocycles. The van der Waals surface area contributed by atoms with Crippen molar-refractivity contribution in [3.05, 3.63) is 29.3 Å². The summed E-state index contributed by atoms with van der Waals surface area (Å²) in [4.78, 5) is 14.2. The lowest BCUT2D eigenvalue weighted by Crippen LogP contribution is -2.45. The molecule has 0 amide bonds. The van der Waals surface area contributed by atoms with Gasteiger partial charge in [-0.2, -0.15) is 5.11 Å². The van der Waals surface area contributed by atoms with E-state index in [1.54, 1.807) is 6.21 Å². The van der Waals surface area contributed by atoms with Crippen LogP contribution in [0.5, 0.6) is 5.75 Å². The van der Waals surface area contributed by atoms with Crippen molar-refractivity contribution < 1.29 is 18.7 Å². The Kier molecular flexibility index (Phi) is 6.10. The molecule has 3 heterocycles. The van der Waals surface area contributed by atoms with Crippen LogP contribution in [0.2, 0.25) is 0 Å². The van der Waals surface area contributed by atoms with Gasteiger partial charge in [0, 0.05) is 37.5 Å². The Morgan fingerprint density at radius 1 is 1.40 bits per heavy atom. The number of alkyl halides is 1. The number of fused-ring (bicyclic) bond motifs is 1. The molecule has 3 aliphatic rings. The van der Waals surface area contributed by atoms with E-state index in [4.69, 9.17) is 15.2 Å². The molecule has 3 atom stereocenters. The fraction of sp³-hybridized carbons (Fsp3) is 0.619. The monoisotopic (exact) mass is 417 g/mol. The fourth-order valence-electron chi connectivity index (χ4n) is 4.61. The number of ether oxygens (including phenoxy) is 2. The first-order valence-corrected chi connectivity index (χ1v) is 10.4. The predicted molar refractivity (Wildman–Crippen MR) is 109 cm³/mol. The van der Waals surface area contributed by atoms with Gasteiger partial charge < -0.3 is 15.2 Å². The van der Waals surface area contributed by atoms with Crippen molar-refractivity contribution in [3.63, 3.8) is 0 Å². The van der Waals surface area contributed by atoms with Crippen molar-refractivity contribution in [2.75, 3.05) is 26.8 Å². The first kappa shape index (κ1) is 20.9. The molecular formula is C21H28FN5O3. The number of nitrogens with zero attached hydrogens (tertiary/aromatic N) is 4. The van der Waals surface area contributed by atoms with Gasteiger partial charge in [0.25, 0.3) is 0 Å². The number of hydrogen-bond donors (Lipinski definition) is 1. The average Bonchev–Trinajstić information content (AvgIpc) is 3.23. The van der Waals surface area contributed by atoms with Gasteiger partial charge in [0.15, 0.2) is 0 Å². The number of piperidine rings is 1. The fourth-order valence-corrected chi connectivity index (χ4v) is 4.61. The van der Waals surface area contributed by atoms with Crippen LogP contribution in [0.4, 0.5) is 4.39 Å². The van der Waals surface area contributed by atoms with Crippen molar-refractivity contribution in [2.24, 2.45) is 21.2 Å². The van der Waals surface area contributed by atoms with E-state index in [0.29, 0.717) is 19.4 Å². The van der Waals surface area contributed by atoms with Gasteiger partial charge >= 0.3 is 5.97 Å². The third-order valence-electron chi connectivity index (χ3n) is 6.26. The van der Waals surface area contributed by atoms with Crippen LogP contribution in [0, 0.1) is 0 Å². The molecule has 0 aromatic heterocycles. The highest BCUT2D eigenvalue weighted by Crippen LogP contribution is 2.45. The predicted octanol–water partition coefficient (Wildman–Crippen LogP) is 2.57. The maximum atomic E-state index is 13.4. The summed E-state index contributed by atoms with van der Waals surface area (Å²) in [6.07, 6.45) is 3.17. The quantitative estimate of drug-likeness (QED) is 0.717. The number of esters is 1. The lowest BCUT2D eigenvalue weighted by Gasteiger charge is -2.36. The molecule has 30 heavy (non-hydrogen) atoms. The topological polar surface area (TPSA) is 102 Å². The summed E-state index contributed by atoms with van der Waals surface area (Å²) in [7, 11) is 1.32. The molecule has 0 spiro atoms. The normalized spacial score (nSPS) is 27.5. The Balaban J connectivity index is 1.55. The minimum atomic E-state index is -0.817. The van der Waals surface area contributed by atoms with Crippen LogP contribution in [0.25, 0.3) is 0 Å². The SMILES string of the molecule is COC(=O)C(N)CC1(C2CCOc3cc(CN4CCC(F)CC4)ccc32)C=NN=N1. The maximum Gasteiger partial charge on any atom is 0.322 e. The lowest BCUT2D eigenvalue weighted by molar-refractivity contribution is -0.142. The zero-order valence-corrected chi connectivity index (χ0v) is 17.2. The van der Waals surface area contributed by atoms with Crippen LogP contribution in [0.1, 0.15) is 42.7 Å². The minimum Gasteiger partial charge on any atom is -0.493 e. The number of carbonyl (C=O) groups is 1. The second-order valence-corrected chi connectivity index (χ2v) is 8.27. The molecule has 8 nitrogen and oxygen atoms in total. The zero-order chi connectivity index (χ0) is 21.1. The van der Waals surface area contributed by atoms with Gasteiger partial charge in [0.2, 0.25) is 0 Å². The molecule has 1 fully saturated rings. The van der Waals surface area contributed by atoms with Crippen LogP contribution in [-0.4, -0.2) is 61.6 Å². The standard InChI is InChI=1S/C21H28FN5O3/c1-29-20(28)18(23)11-21(13-24-26-25-21)17-6-9-30-19-10-14(2-3-16(17)19)12-27-7-4-15(22)5-8-27/h2-3,10,13,15,17-18H,4-9,11-12,23H2,1H3. The van der Waals surface area contributed by atoms with E-state index in [1.807, 2.05) is 0 Å². The highest BCUT2D eigenvalue weighted by molar-refractivity contribution is 5.79. The molecule has 1 aromatic rings. The smallest absolute Gasteiger partial charge is 0.322 e. The Morgan fingerprint density at radius 2 is 2.20 bits per heavy atom. The molecule has 3 unspecified atom stereocenters. The van der Waals surface area contributed by atoms with Crippen molar-refractivity contribution in [1.82, 2.24) is 4.90 Å². The number of carbonyl (C=O) groups excluding carboxylic acids is 1. The van der Waals surface area contributed by atoms with Gasteiger partial charge in [0.05, 0.1) is 19.9 Å². The van der Waals surface area contributed by atoms with Crippen molar-refractivity contribution >= 4 is 12.2 Å². The van der Waals surface area contributed by atoms with E-state index in [2.05, 4.69) is 38.5 Å². The average molecular weight is 417 g/mol. The van der Waals surface area contributed by atoms with E-state index in [0.717, 1.165) is 42.9 Å². The minimum absolute atomic E-state index is 0.0525. The molecule has 9 heteroatoms. The third kappa shape index (κ3) is 4.22. The first-order chi connectivity index (χ1) is 14.5. The number of methoxy groups -OCH3 is 1. The number of nitrogens with two attached hydrogens (primary N) is 1. The molecule has 4 rings (SSSR count). The Bertz CT molecular complexity index is 826. The third-order valence-corrected chi connectivity index (χ3v) is 6.26. The lowest BCUT2D eigenvalue weighted by atomic mass is 9.73. The Morgan fingerprint density at radius 3 is 2.90 bits per heavy atom. The van der Waals surface area contributed by atoms with Gasteiger partial charge in [-0.05, 0) is 36.1 Å². The molecule has 2 N–H and O–H groups in total. The second-order valence-electron chi connectivity index (χ2n) is 8.27. The van der Waals surface area contributed by atoms with Crippen molar-refractivity contribution in [3.8, 4) is 5.75 Å². The van der Waals surface area contributed by atoms with Crippen LogP contribution < -0.4 is 10.5 Å². The summed E-state index contributed by atoms with van der Waals surface area (Å²) >= 11 is 0. The van der Waals surface area contributed by atoms with Gasteiger partial charge in [-0.1, -0.05) is 12.1 Å². The van der Waals surface area contributed by atoms with Crippen LogP contribution in [0.3, 0.4) is 0 Å². The highest BCUT2D eigenvalue weighted by atomic mass is 19.1. The summed E-state index contributed by atoms with van der Waals surface area (Å²) in [6, 6.07) is 5.38. The number of halogens is 1. The second kappa shape index (κ2) is 8.77. The number of benzene rings is 1. The van der Waals surface area contributed by atoms with Gasteiger partial charge in [0.1, 0.15) is 23.5 Å². The molecule has 3 aliphatic heterocycles. The van der Waals surface area contributed by atoms with E-state index < -0.39 is 23.7 Å². The Hall–Kier alpha value is -2.39. The number of hydrogen-bond acceptors (Lipinski definition) is 8. The maximum absolute atomic E-state index is 13.4. The summed E-state index contributed by atoms with van der Waals surface area (Å²) in [5, 5.41) is 12.2. The van der Waals surface area contributed by atoms with Gasteiger partial charge in [-0.25, -0.2) is 4.39 Å². The van der Waals surface area contributed by atoms with Gasteiger partial charge in [-0.15, -0.1) is 5.10 Å². The van der Waals surface area contributed by atoms with Crippen molar-refractivity contribution in [1.29, 1.82) is 0 Å². The highest BCUT2D eigenvalue weighted by Gasteiger charge is 2.46. The van der Waals surface area contributed by atoms with E-state index in [9.17, 15) is 9.18 Å². The van der Waals surface area contributed by atoms with Crippen molar-refractivity contribution in [2.45, 2.75) is 55.9 Å². The Labute approximate surface area is 175 Å². The van der Waals surface area contributed by atoms with E-state index in [1.165, 1.54) is 7.11 Å². The molecule has 1 aromatic carbocycles. The first-order valence-electron chi connectivity index (χ1n) is 10.4. The molecule has 0 radical (unpaired) electrons. The van der Waals surface area contributed by atoms with Crippen LogP contribution in [-0.2, 0) is 16.1 Å². The summed E-state index contributed by atoms with van der Waals surface area (Å²) < 4.78 is 24.1. The molecular weight excluding hydrogens is 389 g/mol. The molecule has 1 saturated heterocycles. The van der Waals surface area contributed by atoms with E-state index in [-0.39, 0.29) is 12.3 Å². The summed E-state index contributed by atoms with van der Waals surface area (Å²) in [5.41, 5.74) is 7.41. The number of likely N-dealkylation sites (tertiary alicyclic amines) is 1. The van der Waals surface area contributed by atoms with E-state index >= 15 is 0 Å². The molecule has 0 bridgehead atoms. The zero-order valence-electron chi connectivity index (χ0n) is 17.2. The van der Waals surface area contributed by atoms with Crippen LogP contribution in [0.15, 0.2) is 33.6 Å². The van der Waals surface area contributed by atoms with Gasteiger partial charge in [-0.3, -0.25) is 9.69 Å². The molecule has 162 valence electrons. The number of rotatable bonds is 6. The largest absolute Gasteiger partial charge is 0.493 e. The molecule has 0 saturated carbocycles. The van der Waals surface area contributed by atoms with Crippen LogP contribution >= 0.6 is 0 Å². The summed E-state index contributed by atoms with van der Waals surface area (Å²) in [6.45, 7) is 2.85. The summed E-state index contributed by atoms with van der Waals surface area (Å²) in [5.74, 6) is 0.276.